The molecule has 5 heteroatoms. The van der Waals surface area contributed by atoms with E-state index < -0.39 is 0 Å². The third-order valence-corrected chi connectivity index (χ3v) is 3.91. The van der Waals surface area contributed by atoms with Crippen molar-refractivity contribution in [3.8, 4) is 0 Å². The van der Waals surface area contributed by atoms with Crippen molar-refractivity contribution in [1.29, 1.82) is 0 Å². The van der Waals surface area contributed by atoms with Gasteiger partial charge in [0.15, 0.2) is 0 Å². The number of nitrogens with two attached hydrogens (primary N) is 1. The molecule has 0 spiro atoms. The van der Waals surface area contributed by atoms with Crippen LogP contribution in [0.15, 0.2) is 22.7 Å². The SMILES string of the molecule is COC1CCCC(OC(=O)c2ccc(Br)cc2N)C1. The average molecular weight is 328 g/mol. The van der Waals surface area contributed by atoms with Crippen molar-refractivity contribution in [1.82, 2.24) is 0 Å². The highest BCUT2D eigenvalue weighted by Gasteiger charge is 2.25. The van der Waals surface area contributed by atoms with Gasteiger partial charge in [0.05, 0.1) is 11.7 Å². The first kappa shape index (κ1) is 14.3. The molecule has 0 heterocycles. The number of anilines is 1. The number of ether oxygens (including phenoxy) is 2. The van der Waals surface area contributed by atoms with E-state index in [0.717, 1.165) is 30.2 Å². The quantitative estimate of drug-likeness (QED) is 0.684. The summed E-state index contributed by atoms with van der Waals surface area (Å²) in [5.41, 5.74) is 6.67. The van der Waals surface area contributed by atoms with Crippen LogP contribution in [0.3, 0.4) is 0 Å². The van der Waals surface area contributed by atoms with E-state index in [-0.39, 0.29) is 18.2 Å². The number of rotatable bonds is 3. The molecule has 1 fully saturated rings. The molecule has 0 saturated heterocycles. The summed E-state index contributed by atoms with van der Waals surface area (Å²) in [7, 11) is 1.70. The minimum absolute atomic E-state index is 0.0748. The lowest BCUT2D eigenvalue weighted by Gasteiger charge is -2.28. The fourth-order valence-electron chi connectivity index (χ4n) is 2.36. The second kappa shape index (κ2) is 6.39. The molecule has 0 amide bonds. The average Bonchev–Trinajstić information content (AvgIpc) is 2.38. The fourth-order valence-corrected chi connectivity index (χ4v) is 2.74. The maximum absolute atomic E-state index is 12.1. The van der Waals surface area contributed by atoms with Crippen LogP contribution < -0.4 is 5.73 Å². The van der Waals surface area contributed by atoms with Crippen LogP contribution in [-0.2, 0) is 9.47 Å². The number of halogens is 1. The molecule has 19 heavy (non-hydrogen) atoms. The molecule has 0 aromatic heterocycles. The topological polar surface area (TPSA) is 61.5 Å². The minimum atomic E-state index is -0.355. The Morgan fingerprint density at radius 2 is 2.11 bits per heavy atom. The van der Waals surface area contributed by atoms with Crippen molar-refractivity contribution < 1.29 is 14.3 Å². The molecule has 1 saturated carbocycles. The predicted molar refractivity (Wildman–Crippen MR) is 77.0 cm³/mol. The molecular formula is C14H18BrNO3. The number of benzene rings is 1. The molecule has 0 aliphatic heterocycles. The molecule has 2 N–H and O–H groups in total. The van der Waals surface area contributed by atoms with Crippen LogP contribution in [0.5, 0.6) is 0 Å². The summed E-state index contributed by atoms with van der Waals surface area (Å²) >= 11 is 3.31. The lowest BCUT2D eigenvalue weighted by atomic mass is 9.95. The molecule has 2 unspecified atom stereocenters. The van der Waals surface area contributed by atoms with Gasteiger partial charge in [0.25, 0.3) is 0 Å². The van der Waals surface area contributed by atoms with Crippen molar-refractivity contribution in [3.63, 3.8) is 0 Å². The molecule has 1 aromatic rings. The van der Waals surface area contributed by atoms with Crippen LogP contribution >= 0.6 is 15.9 Å². The normalized spacial score (nSPS) is 23.1. The molecule has 4 nitrogen and oxygen atoms in total. The molecule has 2 atom stereocenters. The van der Waals surface area contributed by atoms with E-state index in [4.69, 9.17) is 15.2 Å². The second-order valence-corrected chi connectivity index (χ2v) is 5.70. The number of hydrogen-bond acceptors (Lipinski definition) is 4. The van der Waals surface area contributed by atoms with Crippen molar-refractivity contribution in [2.45, 2.75) is 37.9 Å². The maximum Gasteiger partial charge on any atom is 0.340 e. The van der Waals surface area contributed by atoms with Crippen LogP contribution in [0.1, 0.15) is 36.0 Å². The first-order valence-electron chi connectivity index (χ1n) is 6.39. The van der Waals surface area contributed by atoms with Gasteiger partial charge >= 0.3 is 5.97 Å². The van der Waals surface area contributed by atoms with Crippen molar-refractivity contribution in [2.75, 3.05) is 12.8 Å². The van der Waals surface area contributed by atoms with Crippen molar-refractivity contribution in [2.24, 2.45) is 0 Å². The van der Waals surface area contributed by atoms with Gasteiger partial charge in [0.1, 0.15) is 6.10 Å². The highest BCUT2D eigenvalue weighted by atomic mass is 79.9. The molecule has 1 aromatic carbocycles. The van der Waals surface area contributed by atoms with Crippen molar-refractivity contribution in [3.05, 3.63) is 28.2 Å². The molecule has 1 aliphatic carbocycles. The summed E-state index contributed by atoms with van der Waals surface area (Å²) in [5.74, 6) is -0.355. The van der Waals surface area contributed by atoms with E-state index in [1.165, 1.54) is 0 Å². The summed E-state index contributed by atoms with van der Waals surface area (Å²) < 4.78 is 11.7. The van der Waals surface area contributed by atoms with Crippen LogP contribution in [0, 0.1) is 0 Å². The summed E-state index contributed by atoms with van der Waals surface area (Å²) in [6, 6.07) is 5.17. The van der Waals surface area contributed by atoms with Gasteiger partial charge in [0.2, 0.25) is 0 Å². The summed E-state index contributed by atoms with van der Waals surface area (Å²) in [6.07, 6.45) is 3.82. The second-order valence-electron chi connectivity index (χ2n) is 4.78. The highest BCUT2D eigenvalue weighted by molar-refractivity contribution is 9.10. The number of nitrogen functional groups attached to an aromatic ring is 1. The van der Waals surface area contributed by atoms with E-state index in [2.05, 4.69) is 15.9 Å². The Morgan fingerprint density at radius 1 is 1.37 bits per heavy atom. The van der Waals surface area contributed by atoms with E-state index in [0.29, 0.717) is 11.3 Å². The molecule has 1 aliphatic rings. The zero-order valence-corrected chi connectivity index (χ0v) is 12.5. The maximum atomic E-state index is 12.1. The number of esters is 1. The largest absolute Gasteiger partial charge is 0.459 e. The van der Waals surface area contributed by atoms with Crippen molar-refractivity contribution >= 4 is 27.6 Å². The van der Waals surface area contributed by atoms with Crippen LogP contribution in [0.4, 0.5) is 5.69 Å². The number of hydrogen-bond donors (Lipinski definition) is 1. The monoisotopic (exact) mass is 327 g/mol. The fraction of sp³-hybridized carbons (Fsp3) is 0.500. The third-order valence-electron chi connectivity index (χ3n) is 3.42. The molecule has 0 radical (unpaired) electrons. The van der Waals surface area contributed by atoms with E-state index in [1.54, 1.807) is 25.3 Å². The van der Waals surface area contributed by atoms with Crippen LogP contribution in [0.2, 0.25) is 0 Å². The molecule has 0 bridgehead atoms. The van der Waals surface area contributed by atoms with Gasteiger partial charge in [-0.25, -0.2) is 4.79 Å². The molecule has 2 rings (SSSR count). The van der Waals surface area contributed by atoms with Crippen LogP contribution in [0.25, 0.3) is 0 Å². The molecular weight excluding hydrogens is 310 g/mol. The van der Waals surface area contributed by atoms with E-state index in [9.17, 15) is 4.79 Å². The Morgan fingerprint density at radius 3 is 2.79 bits per heavy atom. The van der Waals surface area contributed by atoms with Gasteiger partial charge in [-0.05, 0) is 37.5 Å². The highest BCUT2D eigenvalue weighted by Crippen LogP contribution is 2.25. The lowest BCUT2D eigenvalue weighted by molar-refractivity contribution is -0.0148. The smallest absolute Gasteiger partial charge is 0.340 e. The van der Waals surface area contributed by atoms with E-state index in [1.807, 2.05) is 0 Å². The zero-order valence-electron chi connectivity index (χ0n) is 10.9. The van der Waals surface area contributed by atoms with Gasteiger partial charge < -0.3 is 15.2 Å². The summed E-state index contributed by atoms with van der Waals surface area (Å²) in [4.78, 5) is 12.1. The lowest BCUT2D eigenvalue weighted by Crippen LogP contribution is -2.29. The van der Waals surface area contributed by atoms with E-state index >= 15 is 0 Å². The minimum Gasteiger partial charge on any atom is -0.459 e. The Bertz CT molecular complexity index is 464. The Labute approximate surface area is 121 Å². The Balaban J connectivity index is 2.00. The predicted octanol–water partition coefficient (Wildman–Crippen LogP) is 3.15. The summed E-state index contributed by atoms with van der Waals surface area (Å²) in [6.45, 7) is 0. The first-order valence-corrected chi connectivity index (χ1v) is 7.18. The Kier molecular flexibility index (Phi) is 4.82. The first-order chi connectivity index (χ1) is 9.10. The standard InChI is InChI=1S/C14H18BrNO3/c1-18-10-3-2-4-11(8-10)19-14(17)12-6-5-9(15)7-13(12)16/h5-7,10-11H,2-4,8,16H2,1H3. The summed E-state index contributed by atoms with van der Waals surface area (Å²) in [5, 5.41) is 0. The third kappa shape index (κ3) is 3.70. The van der Waals surface area contributed by atoms with Gasteiger partial charge in [-0.15, -0.1) is 0 Å². The Hall–Kier alpha value is -1.07. The van der Waals surface area contributed by atoms with Gasteiger partial charge in [-0.3, -0.25) is 0 Å². The van der Waals surface area contributed by atoms with Gasteiger partial charge in [-0.1, -0.05) is 15.9 Å². The number of methoxy groups -OCH3 is 1. The van der Waals surface area contributed by atoms with Gasteiger partial charge in [0, 0.05) is 23.7 Å². The number of carbonyl (C=O) groups is 1. The molecule has 104 valence electrons. The number of carbonyl (C=O) groups excluding carboxylic acids is 1. The van der Waals surface area contributed by atoms with Crippen LogP contribution in [-0.4, -0.2) is 25.3 Å². The van der Waals surface area contributed by atoms with Gasteiger partial charge in [-0.2, -0.15) is 0 Å². The zero-order chi connectivity index (χ0) is 13.8.